The van der Waals surface area contributed by atoms with E-state index in [9.17, 15) is 5.26 Å². The van der Waals surface area contributed by atoms with E-state index < -0.39 is 0 Å². The normalized spacial score (nSPS) is 16.1. The van der Waals surface area contributed by atoms with E-state index in [0.29, 0.717) is 23.3 Å². The Morgan fingerprint density at radius 3 is 2.96 bits per heavy atom. The van der Waals surface area contributed by atoms with Crippen LogP contribution in [0.1, 0.15) is 18.9 Å². The average Bonchev–Trinajstić information content (AvgIpc) is 3.15. The van der Waals surface area contributed by atoms with Crippen LogP contribution in [0.2, 0.25) is 0 Å². The van der Waals surface area contributed by atoms with E-state index in [-0.39, 0.29) is 5.54 Å². The third kappa shape index (κ3) is 2.32. The molecule has 0 N–H and O–H groups in total. The lowest BCUT2D eigenvalue weighted by Crippen LogP contribution is -2.63. The number of aromatic nitrogens is 6. The molecule has 1 saturated heterocycles. The van der Waals surface area contributed by atoms with E-state index in [1.807, 2.05) is 17.1 Å². The Morgan fingerprint density at radius 1 is 1.42 bits per heavy atom. The van der Waals surface area contributed by atoms with Crippen molar-refractivity contribution >= 4 is 34.1 Å². The van der Waals surface area contributed by atoms with Gasteiger partial charge in [0.1, 0.15) is 5.54 Å². The maximum atomic E-state index is 9.27. The molecule has 8 nitrogen and oxygen atoms in total. The molecule has 9 heteroatoms. The molecular formula is C15H15IN8. The van der Waals surface area contributed by atoms with Gasteiger partial charge in [0, 0.05) is 54.3 Å². The van der Waals surface area contributed by atoms with Gasteiger partial charge in [-0.1, -0.05) is 6.92 Å². The van der Waals surface area contributed by atoms with Crippen molar-refractivity contribution in [1.29, 1.82) is 5.26 Å². The summed E-state index contributed by atoms with van der Waals surface area (Å²) in [5, 5.41) is 18.1. The summed E-state index contributed by atoms with van der Waals surface area (Å²) in [5.74, 6) is 0.796. The predicted octanol–water partition coefficient (Wildman–Crippen LogP) is 1.62. The van der Waals surface area contributed by atoms with Gasteiger partial charge in [-0.25, -0.2) is 9.50 Å². The van der Waals surface area contributed by atoms with Gasteiger partial charge in [-0.15, -0.1) is 5.10 Å². The van der Waals surface area contributed by atoms with Crippen molar-refractivity contribution in [1.82, 2.24) is 29.4 Å². The van der Waals surface area contributed by atoms with Crippen LogP contribution in [0.15, 0.2) is 24.8 Å². The van der Waals surface area contributed by atoms with Gasteiger partial charge in [0.2, 0.25) is 3.83 Å². The summed E-state index contributed by atoms with van der Waals surface area (Å²) in [6, 6.07) is 2.31. The van der Waals surface area contributed by atoms with Crippen LogP contribution in [-0.2, 0) is 12.0 Å². The number of anilines is 1. The Hall–Kier alpha value is -2.22. The number of fused-ring (bicyclic) bond motifs is 1. The Labute approximate surface area is 152 Å². The number of rotatable bonds is 4. The number of halogens is 1. The molecule has 0 aromatic carbocycles. The fourth-order valence-electron chi connectivity index (χ4n) is 3.10. The molecule has 24 heavy (non-hydrogen) atoms. The third-order valence-electron chi connectivity index (χ3n) is 4.42. The molecular weight excluding hydrogens is 419 g/mol. The van der Waals surface area contributed by atoms with Gasteiger partial charge in [0.25, 0.3) is 0 Å². The highest BCUT2D eigenvalue weighted by Gasteiger charge is 2.46. The zero-order valence-electron chi connectivity index (χ0n) is 13.1. The first-order chi connectivity index (χ1) is 11.6. The number of aryl methyl sites for hydroxylation is 1. The second-order valence-corrected chi connectivity index (χ2v) is 6.93. The van der Waals surface area contributed by atoms with Crippen LogP contribution in [0.4, 0.5) is 5.82 Å². The first kappa shape index (κ1) is 15.3. The van der Waals surface area contributed by atoms with Crippen molar-refractivity contribution in [3.8, 4) is 6.07 Å². The van der Waals surface area contributed by atoms with Crippen LogP contribution in [-0.4, -0.2) is 42.5 Å². The van der Waals surface area contributed by atoms with E-state index in [4.69, 9.17) is 0 Å². The average molecular weight is 434 g/mol. The molecule has 1 fully saturated rings. The van der Waals surface area contributed by atoms with E-state index in [0.717, 1.165) is 17.9 Å². The number of hydrogen-bond donors (Lipinski definition) is 0. The van der Waals surface area contributed by atoms with Gasteiger partial charge in [0.05, 0.1) is 18.7 Å². The summed E-state index contributed by atoms with van der Waals surface area (Å²) < 4.78 is 4.36. The van der Waals surface area contributed by atoms with Crippen LogP contribution in [0, 0.1) is 15.2 Å². The van der Waals surface area contributed by atoms with Gasteiger partial charge in [-0.2, -0.15) is 15.3 Å². The molecule has 3 aromatic heterocycles. The van der Waals surface area contributed by atoms with E-state index in [1.165, 1.54) is 5.56 Å². The van der Waals surface area contributed by atoms with Crippen molar-refractivity contribution in [3.05, 3.63) is 34.2 Å². The highest BCUT2D eigenvalue weighted by molar-refractivity contribution is 14.1. The molecule has 1 aliphatic rings. The first-order valence-electron chi connectivity index (χ1n) is 7.68. The zero-order chi connectivity index (χ0) is 16.7. The van der Waals surface area contributed by atoms with Crippen LogP contribution < -0.4 is 4.90 Å². The smallest absolute Gasteiger partial charge is 0.212 e. The minimum absolute atomic E-state index is 0.302. The third-order valence-corrected chi connectivity index (χ3v) is 4.88. The SMILES string of the molecule is CCc1cnn(C2(CC#N)CN(c3nccn4nc(I)nc34)C2)c1. The molecule has 0 amide bonds. The lowest BCUT2D eigenvalue weighted by Gasteiger charge is -2.49. The molecule has 3 aromatic rings. The molecule has 0 saturated carbocycles. The minimum Gasteiger partial charge on any atom is -0.348 e. The van der Waals surface area contributed by atoms with E-state index in [2.05, 4.69) is 60.6 Å². The summed E-state index contributed by atoms with van der Waals surface area (Å²) in [7, 11) is 0. The van der Waals surface area contributed by atoms with Crippen molar-refractivity contribution in [2.75, 3.05) is 18.0 Å². The Morgan fingerprint density at radius 2 is 2.25 bits per heavy atom. The lowest BCUT2D eigenvalue weighted by molar-refractivity contribution is 0.197. The van der Waals surface area contributed by atoms with Gasteiger partial charge < -0.3 is 4.90 Å². The van der Waals surface area contributed by atoms with Crippen LogP contribution in [0.25, 0.3) is 5.65 Å². The number of nitriles is 1. The highest BCUT2D eigenvalue weighted by Crippen LogP contribution is 2.36. The summed E-state index contributed by atoms with van der Waals surface area (Å²) >= 11 is 2.09. The van der Waals surface area contributed by atoms with Crippen LogP contribution >= 0.6 is 22.6 Å². The molecule has 0 spiro atoms. The van der Waals surface area contributed by atoms with Crippen molar-refractivity contribution in [2.45, 2.75) is 25.3 Å². The van der Waals surface area contributed by atoms with Crippen LogP contribution in [0.3, 0.4) is 0 Å². The molecule has 1 aliphatic heterocycles. The zero-order valence-corrected chi connectivity index (χ0v) is 15.3. The largest absolute Gasteiger partial charge is 0.348 e. The van der Waals surface area contributed by atoms with Gasteiger partial charge >= 0.3 is 0 Å². The highest BCUT2D eigenvalue weighted by atomic mass is 127. The molecule has 4 rings (SSSR count). The summed E-state index contributed by atoms with van der Waals surface area (Å²) in [6.45, 7) is 3.46. The Balaban J connectivity index is 1.65. The van der Waals surface area contributed by atoms with E-state index >= 15 is 0 Å². The van der Waals surface area contributed by atoms with Crippen molar-refractivity contribution < 1.29 is 0 Å². The first-order valence-corrected chi connectivity index (χ1v) is 8.76. The molecule has 0 unspecified atom stereocenters. The second kappa shape index (κ2) is 5.70. The van der Waals surface area contributed by atoms with Gasteiger partial charge in [-0.3, -0.25) is 4.68 Å². The quantitative estimate of drug-likeness (QED) is 0.580. The molecule has 0 bridgehead atoms. The summed E-state index contributed by atoms with van der Waals surface area (Å²) in [5.41, 5.74) is 1.62. The number of nitrogens with zero attached hydrogens (tertiary/aromatic N) is 8. The lowest BCUT2D eigenvalue weighted by atomic mass is 9.87. The second-order valence-electron chi connectivity index (χ2n) is 5.96. The molecule has 0 atom stereocenters. The summed E-state index contributed by atoms with van der Waals surface area (Å²) in [6.07, 6.45) is 8.79. The van der Waals surface area contributed by atoms with Crippen molar-refractivity contribution in [3.63, 3.8) is 0 Å². The van der Waals surface area contributed by atoms with Gasteiger partial charge in [-0.05, 0) is 12.0 Å². The number of hydrogen-bond acceptors (Lipinski definition) is 6. The van der Waals surface area contributed by atoms with Gasteiger partial charge in [0.15, 0.2) is 11.5 Å². The summed E-state index contributed by atoms with van der Waals surface area (Å²) in [4.78, 5) is 11.0. The topological polar surface area (TPSA) is 87.9 Å². The fraction of sp³-hybridized carbons (Fsp3) is 0.400. The van der Waals surface area contributed by atoms with Crippen molar-refractivity contribution in [2.24, 2.45) is 0 Å². The Bertz CT molecular complexity index is 930. The van der Waals surface area contributed by atoms with Crippen LogP contribution in [0.5, 0.6) is 0 Å². The minimum atomic E-state index is -0.302. The Kier molecular flexibility index (Phi) is 3.64. The van der Waals surface area contributed by atoms with E-state index in [1.54, 1.807) is 16.9 Å². The predicted molar refractivity (Wildman–Crippen MR) is 95.5 cm³/mol. The monoisotopic (exact) mass is 434 g/mol. The standard InChI is InChI=1S/C15H15IN8/c1-2-11-7-19-24(8-11)15(3-4-17)9-22(10-15)12-13-20-14(16)21-23(13)6-5-18-12/h5-8H,2-3,9-10H2,1H3. The molecule has 4 heterocycles. The maximum absolute atomic E-state index is 9.27. The fourth-order valence-corrected chi connectivity index (χ4v) is 3.56. The molecule has 0 radical (unpaired) electrons. The maximum Gasteiger partial charge on any atom is 0.212 e. The molecule has 0 aliphatic carbocycles. The molecule has 122 valence electrons.